The zero-order chi connectivity index (χ0) is 24.7. The van der Waals surface area contributed by atoms with Crippen molar-refractivity contribution in [3.8, 4) is 16.9 Å². The molecule has 3 rings (SSSR count). The number of para-hydroxylation sites is 1. The first kappa shape index (κ1) is 25.1. The molecule has 0 spiro atoms. The van der Waals surface area contributed by atoms with Crippen molar-refractivity contribution in [1.82, 2.24) is 19.4 Å². The average molecular weight is 486 g/mol. The number of aromatic nitrogens is 2. The van der Waals surface area contributed by atoms with Gasteiger partial charge in [0.05, 0.1) is 29.0 Å². The number of nitrogens with one attached hydrogen (secondary N) is 1. The van der Waals surface area contributed by atoms with Crippen LogP contribution in [0.1, 0.15) is 18.9 Å². The van der Waals surface area contributed by atoms with E-state index in [0.717, 1.165) is 5.69 Å². The van der Waals surface area contributed by atoms with Gasteiger partial charge >= 0.3 is 0 Å². The lowest BCUT2D eigenvalue weighted by Crippen LogP contribution is -2.33. The first-order valence-electron chi connectivity index (χ1n) is 10.8. The Labute approximate surface area is 198 Å². The van der Waals surface area contributed by atoms with E-state index >= 15 is 0 Å². The maximum atomic E-state index is 12.6. The van der Waals surface area contributed by atoms with Crippen molar-refractivity contribution < 1.29 is 18.1 Å². The smallest absolute Gasteiger partial charge is 0.269 e. The molecule has 0 aliphatic heterocycles. The number of amides is 1. The van der Waals surface area contributed by atoms with E-state index in [1.54, 1.807) is 29.9 Å². The zero-order valence-corrected chi connectivity index (χ0v) is 19.9. The number of nitro groups is 1. The molecule has 34 heavy (non-hydrogen) atoms. The summed E-state index contributed by atoms with van der Waals surface area (Å²) < 4.78 is 26.4. The van der Waals surface area contributed by atoms with Crippen molar-refractivity contribution >= 4 is 21.6 Å². The van der Waals surface area contributed by atoms with Crippen molar-refractivity contribution in [3.05, 3.63) is 76.5 Å². The first-order chi connectivity index (χ1) is 16.2. The second kappa shape index (κ2) is 11.0. The third-order valence-corrected chi connectivity index (χ3v) is 6.62. The molecule has 10 nitrogen and oxygen atoms in total. The lowest BCUT2D eigenvalue weighted by Gasteiger charge is -2.17. The molecule has 0 unspecified atom stereocenters. The Morgan fingerprint density at radius 1 is 1.15 bits per heavy atom. The van der Waals surface area contributed by atoms with Crippen LogP contribution in [0.2, 0.25) is 0 Å². The molecule has 1 N–H and O–H groups in total. The molecule has 2 aromatic carbocycles. The summed E-state index contributed by atoms with van der Waals surface area (Å²) >= 11 is 0. The fourth-order valence-electron chi connectivity index (χ4n) is 3.51. The molecule has 1 amide bonds. The number of nitro benzene ring substituents is 1. The molecule has 0 bridgehead atoms. The van der Waals surface area contributed by atoms with Gasteiger partial charge in [-0.2, -0.15) is 5.10 Å². The monoisotopic (exact) mass is 485 g/mol. The highest BCUT2D eigenvalue weighted by molar-refractivity contribution is 7.88. The van der Waals surface area contributed by atoms with E-state index in [-0.39, 0.29) is 18.0 Å². The average Bonchev–Trinajstić information content (AvgIpc) is 3.22. The second-order valence-corrected chi connectivity index (χ2v) is 9.70. The Kier molecular flexibility index (Phi) is 8.13. The Morgan fingerprint density at radius 3 is 2.41 bits per heavy atom. The van der Waals surface area contributed by atoms with Crippen LogP contribution < -0.4 is 5.32 Å². The molecule has 11 heteroatoms. The summed E-state index contributed by atoms with van der Waals surface area (Å²) in [5.74, 6) is -0.224. The Balaban J connectivity index is 1.75. The van der Waals surface area contributed by atoms with Gasteiger partial charge in [-0.05, 0) is 30.7 Å². The van der Waals surface area contributed by atoms with Crippen molar-refractivity contribution in [1.29, 1.82) is 0 Å². The van der Waals surface area contributed by atoms with Gasteiger partial charge in [-0.15, -0.1) is 0 Å². The van der Waals surface area contributed by atoms with E-state index < -0.39 is 14.9 Å². The Morgan fingerprint density at radius 2 is 1.82 bits per heavy atom. The summed E-state index contributed by atoms with van der Waals surface area (Å²) in [6.07, 6.45) is 3.49. The largest absolute Gasteiger partial charge is 0.356 e. The molecular weight excluding hydrogens is 458 g/mol. The van der Waals surface area contributed by atoms with Crippen LogP contribution in [-0.4, -0.2) is 59.2 Å². The van der Waals surface area contributed by atoms with Gasteiger partial charge in [0.2, 0.25) is 15.9 Å². The molecule has 180 valence electrons. The number of carbonyl (C=O) groups excluding carboxylic acids is 1. The summed E-state index contributed by atoms with van der Waals surface area (Å²) in [5.41, 5.74) is 2.68. The fraction of sp³-hybridized carbons (Fsp3) is 0.304. The number of hydrogen-bond donors (Lipinski definition) is 1. The predicted molar refractivity (Wildman–Crippen MR) is 129 cm³/mol. The van der Waals surface area contributed by atoms with Gasteiger partial charge in [-0.25, -0.2) is 17.4 Å². The number of nitrogens with zero attached hydrogens (tertiary/aromatic N) is 4. The van der Waals surface area contributed by atoms with Crippen LogP contribution in [-0.2, 0) is 21.2 Å². The van der Waals surface area contributed by atoms with E-state index in [2.05, 4.69) is 10.4 Å². The highest BCUT2D eigenvalue weighted by Gasteiger charge is 2.17. The van der Waals surface area contributed by atoms with E-state index in [9.17, 15) is 23.3 Å². The SMILES string of the molecule is CCN(CCCNC(=O)Cc1cn(-c2ccccc2)nc1-c1ccc([N+](=O)[O-])cc1)S(C)(=O)=O. The van der Waals surface area contributed by atoms with E-state index in [4.69, 9.17) is 0 Å². The number of benzene rings is 2. The summed E-state index contributed by atoms with van der Waals surface area (Å²) in [6.45, 7) is 2.81. The van der Waals surface area contributed by atoms with Gasteiger partial charge < -0.3 is 5.32 Å². The van der Waals surface area contributed by atoms with Gasteiger partial charge in [0.25, 0.3) is 5.69 Å². The Hall–Kier alpha value is -3.57. The molecule has 0 aliphatic rings. The van der Waals surface area contributed by atoms with E-state index in [1.807, 2.05) is 30.3 Å². The number of sulfonamides is 1. The lowest BCUT2D eigenvalue weighted by molar-refractivity contribution is -0.384. The summed E-state index contributed by atoms with van der Waals surface area (Å²) in [7, 11) is -3.27. The molecule has 1 aromatic heterocycles. The van der Waals surface area contributed by atoms with E-state index in [1.165, 1.54) is 22.7 Å². The number of carbonyl (C=O) groups is 1. The molecule has 3 aromatic rings. The van der Waals surface area contributed by atoms with Gasteiger partial charge in [0, 0.05) is 49.1 Å². The van der Waals surface area contributed by atoms with Gasteiger partial charge in [0.1, 0.15) is 0 Å². The van der Waals surface area contributed by atoms with Crippen LogP contribution in [0.3, 0.4) is 0 Å². The third-order valence-electron chi connectivity index (χ3n) is 5.24. The summed E-state index contributed by atoms with van der Waals surface area (Å²) in [6, 6.07) is 15.5. The Bertz CT molecular complexity index is 1240. The van der Waals surface area contributed by atoms with Gasteiger partial charge in [-0.1, -0.05) is 25.1 Å². The molecule has 1 heterocycles. The number of rotatable bonds is 11. The van der Waals surface area contributed by atoms with Crippen molar-refractivity contribution in [3.63, 3.8) is 0 Å². The third kappa shape index (κ3) is 6.49. The zero-order valence-electron chi connectivity index (χ0n) is 19.0. The first-order valence-corrected chi connectivity index (χ1v) is 12.6. The van der Waals surface area contributed by atoms with Gasteiger partial charge in [0.15, 0.2) is 0 Å². The van der Waals surface area contributed by atoms with Crippen molar-refractivity contribution in [2.24, 2.45) is 0 Å². The van der Waals surface area contributed by atoms with Crippen LogP contribution in [0, 0.1) is 10.1 Å². The molecule has 0 fully saturated rings. The minimum absolute atomic E-state index is 0.0271. The molecular formula is C23H27N5O5S. The normalized spacial score (nSPS) is 11.5. The van der Waals surface area contributed by atoms with Crippen molar-refractivity contribution in [2.75, 3.05) is 25.9 Å². The number of hydrogen-bond acceptors (Lipinski definition) is 6. The minimum atomic E-state index is -3.27. The lowest BCUT2D eigenvalue weighted by atomic mass is 10.1. The quantitative estimate of drug-likeness (QED) is 0.253. The number of non-ortho nitro benzene ring substituents is 1. The molecule has 0 aliphatic carbocycles. The van der Waals surface area contributed by atoms with Crippen LogP contribution >= 0.6 is 0 Å². The molecule has 0 radical (unpaired) electrons. The van der Waals surface area contributed by atoms with E-state index in [0.29, 0.717) is 42.9 Å². The fourth-order valence-corrected chi connectivity index (χ4v) is 4.44. The maximum absolute atomic E-state index is 12.6. The van der Waals surface area contributed by atoms with Crippen LogP contribution in [0.25, 0.3) is 16.9 Å². The van der Waals surface area contributed by atoms with Crippen LogP contribution in [0.4, 0.5) is 5.69 Å². The van der Waals surface area contributed by atoms with Crippen molar-refractivity contribution in [2.45, 2.75) is 19.8 Å². The van der Waals surface area contributed by atoms with Crippen LogP contribution in [0.15, 0.2) is 60.8 Å². The van der Waals surface area contributed by atoms with Crippen LogP contribution in [0.5, 0.6) is 0 Å². The predicted octanol–water partition coefficient (Wildman–Crippen LogP) is 2.78. The highest BCUT2D eigenvalue weighted by atomic mass is 32.2. The maximum Gasteiger partial charge on any atom is 0.269 e. The summed E-state index contributed by atoms with van der Waals surface area (Å²) in [5, 5.41) is 18.4. The molecule has 0 saturated carbocycles. The molecule has 0 saturated heterocycles. The second-order valence-electron chi connectivity index (χ2n) is 7.72. The minimum Gasteiger partial charge on any atom is -0.356 e. The topological polar surface area (TPSA) is 127 Å². The highest BCUT2D eigenvalue weighted by Crippen LogP contribution is 2.26. The standard InChI is InChI=1S/C23H27N5O5S/c1-3-26(34(2,32)33)15-7-14-24-22(29)16-19-17-27(20-8-5-4-6-9-20)25-23(19)18-10-12-21(13-11-18)28(30)31/h4-6,8-13,17H,3,7,14-16H2,1-2H3,(H,24,29). The summed E-state index contributed by atoms with van der Waals surface area (Å²) in [4.78, 5) is 23.1. The molecule has 0 atom stereocenters. The van der Waals surface area contributed by atoms with Gasteiger partial charge in [-0.3, -0.25) is 14.9 Å².